The zero-order valence-electron chi connectivity index (χ0n) is 8.87. The minimum Gasteiger partial charge on any atom is -0.377 e. The molecule has 3 N–H and O–H groups in total. The molecule has 0 aromatic heterocycles. The highest BCUT2D eigenvalue weighted by Crippen LogP contribution is 2.31. The molecule has 0 aromatic carbocycles. The first-order valence-electron chi connectivity index (χ1n) is 5.99. The monoisotopic (exact) mass is 198 g/mol. The predicted octanol–water partition coefficient (Wildman–Crippen LogP) is 1.58. The molecule has 0 aromatic rings. The third-order valence-electron chi connectivity index (χ3n) is 3.72. The maximum absolute atomic E-state index is 5.80. The smallest absolute Gasteiger partial charge is 0.0744 e. The molecule has 1 heterocycles. The maximum Gasteiger partial charge on any atom is 0.0744 e. The van der Waals surface area contributed by atoms with E-state index in [9.17, 15) is 0 Å². The van der Waals surface area contributed by atoms with E-state index in [4.69, 9.17) is 10.6 Å². The van der Waals surface area contributed by atoms with E-state index in [-0.39, 0.29) is 0 Å². The van der Waals surface area contributed by atoms with E-state index in [0.29, 0.717) is 12.1 Å². The summed E-state index contributed by atoms with van der Waals surface area (Å²) in [5.41, 5.74) is 2.99. The molecule has 2 atom stereocenters. The summed E-state index contributed by atoms with van der Waals surface area (Å²) in [5, 5.41) is 0. The molecule has 2 fully saturated rings. The summed E-state index contributed by atoms with van der Waals surface area (Å²) in [4.78, 5) is 0. The molecule has 0 amide bonds. The van der Waals surface area contributed by atoms with Crippen LogP contribution in [0.2, 0.25) is 0 Å². The molecule has 1 saturated carbocycles. The fourth-order valence-electron chi connectivity index (χ4n) is 2.91. The summed E-state index contributed by atoms with van der Waals surface area (Å²) >= 11 is 0. The standard InChI is InChI=1S/C11H22N2O/c12-13-11(9-5-1-2-6-9)10-7-3-4-8-14-10/h9-11,13H,1-8,12H2. The van der Waals surface area contributed by atoms with Gasteiger partial charge in [-0.3, -0.25) is 11.3 Å². The average Bonchev–Trinajstić information content (AvgIpc) is 2.74. The number of ether oxygens (including phenoxy) is 1. The summed E-state index contributed by atoms with van der Waals surface area (Å²) in [6.45, 7) is 0.926. The topological polar surface area (TPSA) is 47.3 Å². The highest BCUT2D eigenvalue weighted by Gasteiger charge is 2.32. The van der Waals surface area contributed by atoms with Crippen molar-refractivity contribution in [3.8, 4) is 0 Å². The first kappa shape index (κ1) is 10.4. The predicted molar refractivity (Wildman–Crippen MR) is 56.7 cm³/mol. The summed E-state index contributed by atoms with van der Waals surface area (Å²) in [7, 11) is 0. The molecule has 2 unspecified atom stereocenters. The van der Waals surface area contributed by atoms with Crippen LogP contribution in [0.5, 0.6) is 0 Å². The lowest BCUT2D eigenvalue weighted by atomic mass is 9.90. The molecular formula is C11H22N2O. The molecular weight excluding hydrogens is 176 g/mol. The Kier molecular flexibility index (Phi) is 3.79. The van der Waals surface area contributed by atoms with Gasteiger partial charge < -0.3 is 4.74 Å². The van der Waals surface area contributed by atoms with Gasteiger partial charge in [-0.25, -0.2) is 0 Å². The van der Waals surface area contributed by atoms with Gasteiger partial charge in [0.2, 0.25) is 0 Å². The zero-order valence-corrected chi connectivity index (χ0v) is 8.87. The van der Waals surface area contributed by atoms with E-state index < -0.39 is 0 Å². The van der Waals surface area contributed by atoms with Crippen molar-refractivity contribution in [2.75, 3.05) is 6.61 Å². The van der Waals surface area contributed by atoms with Gasteiger partial charge in [-0.15, -0.1) is 0 Å². The minimum atomic E-state index is 0.372. The summed E-state index contributed by atoms with van der Waals surface area (Å²) in [5.74, 6) is 6.41. The highest BCUT2D eigenvalue weighted by molar-refractivity contribution is 4.86. The second kappa shape index (κ2) is 5.10. The van der Waals surface area contributed by atoms with E-state index in [1.807, 2.05) is 0 Å². The second-order valence-corrected chi connectivity index (χ2v) is 4.64. The minimum absolute atomic E-state index is 0.372. The van der Waals surface area contributed by atoms with Crippen LogP contribution in [0, 0.1) is 5.92 Å². The van der Waals surface area contributed by atoms with Gasteiger partial charge in [-0.1, -0.05) is 12.8 Å². The fourth-order valence-corrected chi connectivity index (χ4v) is 2.91. The van der Waals surface area contributed by atoms with Crippen LogP contribution in [0.3, 0.4) is 0 Å². The Morgan fingerprint density at radius 2 is 1.79 bits per heavy atom. The van der Waals surface area contributed by atoms with Crippen molar-refractivity contribution in [2.45, 2.75) is 57.1 Å². The normalized spacial score (nSPS) is 31.9. The third-order valence-corrected chi connectivity index (χ3v) is 3.72. The van der Waals surface area contributed by atoms with E-state index in [1.165, 1.54) is 44.9 Å². The maximum atomic E-state index is 5.80. The molecule has 0 bridgehead atoms. The SMILES string of the molecule is NNC(C1CCCC1)C1CCCCO1. The first-order valence-corrected chi connectivity index (χ1v) is 5.99. The van der Waals surface area contributed by atoms with E-state index >= 15 is 0 Å². The molecule has 1 aliphatic carbocycles. The molecule has 0 radical (unpaired) electrons. The Hall–Kier alpha value is -0.120. The molecule has 0 spiro atoms. The fraction of sp³-hybridized carbons (Fsp3) is 1.00. The molecule has 2 aliphatic rings. The Morgan fingerprint density at radius 3 is 2.36 bits per heavy atom. The quantitative estimate of drug-likeness (QED) is 0.534. The van der Waals surface area contributed by atoms with Crippen LogP contribution in [-0.4, -0.2) is 18.8 Å². The summed E-state index contributed by atoms with van der Waals surface area (Å²) in [6, 6.07) is 0.401. The van der Waals surface area contributed by atoms with Gasteiger partial charge in [-0.2, -0.15) is 0 Å². The number of hydrazine groups is 1. The van der Waals surface area contributed by atoms with Crippen LogP contribution < -0.4 is 11.3 Å². The van der Waals surface area contributed by atoms with Crippen molar-refractivity contribution >= 4 is 0 Å². The van der Waals surface area contributed by atoms with E-state index in [0.717, 1.165) is 12.5 Å². The lowest BCUT2D eigenvalue weighted by Gasteiger charge is -2.33. The largest absolute Gasteiger partial charge is 0.377 e. The van der Waals surface area contributed by atoms with Gasteiger partial charge in [0.1, 0.15) is 0 Å². The lowest BCUT2D eigenvalue weighted by Crippen LogP contribution is -2.50. The van der Waals surface area contributed by atoms with Crippen molar-refractivity contribution in [1.29, 1.82) is 0 Å². The Balaban J connectivity index is 1.89. The van der Waals surface area contributed by atoms with Gasteiger partial charge in [0.15, 0.2) is 0 Å². The van der Waals surface area contributed by atoms with Gasteiger partial charge >= 0.3 is 0 Å². The van der Waals surface area contributed by atoms with E-state index in [2.05, 4.69) is 5.43 Å². The second-order valence-electron chi connectivity index (χ2n) is 4.64. The van der Waals surface area contributed by atoms with Gasteiger partial charge in [0, 0.05) is 6.61 Å². The van der Waals surface area contributed by atoms with E-state index in [1.54, 1.807) is 0 Å². The summed E-state index contributed by atoms with van der Waals surface area (Å²) < 4.78 is 5.80. The summed E-state index contributed by atoms with van der Waals surface area (Å²) in [6.07, 6.45) is 9.48. The Labute approximate surface area is 86.4 Å². The number of hydrogen-bond donors (Lipinski definition) is 2. The van der Waals surface area contributed by atoms with Crippen LogP contribution in [0.25, 0.3) is 0 Å². The van der Waals surface area contributed by atoms with Crippen LogP contribution in [0.15, 0.2) is 0 Å². The van der Waals surface area contributed by atoms with Crippen molar-refractivity contribution in [3.63, 3.8) is 0 Å². The number of nitrogens with two attached hydrogens (primary N) is 1. The van der Waals surface area contributed by atoms with Gasteiger partial charge in [0.05, 0.1) is 12.1 Å². The number of rotatable bonds is 3. The zero-order chi connectivity index (χ0) is 9.80. The van der Waals surface area contributed by atoms with Crippen LogP contribution in [-0.2, 0) is 4.74 Å². The van der Waals surface area contributed by atoms with Crippen LogP contribution in [0.1, 0.15) is 44.9 Å². The number of nitrogens with one attached hydrogen (secondary N) is 1. The Bertz CT molecular complexity index is 163. The van der Waals surface area contributed by atoms with Crippen molar-refractivity contribution in [3.05, 3.63) is 0 Å². The van der Waals surface area contributed by atoms with Gasteiger partial charge in [0.25, 0.3) is 0 Å². The molecule has 3 nitrogen and oxygen atoms in total. The molecule has 14 heavy (non-hydrogen) atoms. The highest BCUT2D eigenvalue weighted by atomic mass is 16.5. The van der Waals surface area contributed by atoms with Crippen molar-refractivity contribution in [1.82, 2.24) is 5.43 Å². The molecule has 82 valence electrons. The molecule has 1 saturated heterocycles. The van der Waals surface area contributed by atoms with Crippen molar-refractivity contribution in [2.24, 2.45) is 11.8 Å². The molecule has 2 rings (SSSR count). The molecule has 1 aliphatic heterocycles. The first-order chi connectivity index (χ1) is 6.92. The lowest BCUT2D eigenvalue weighted by molar-refractivity contribution is -0.0205. The van der Waals surface area contributed by atoms with Crippen LogP contribution >= 0.6 is 0 Å². The van der Waals surface area contributed by atoms with Crippen molar-refractivity contribution < 1.29 is 4.74 Å². The Morgan fingerprint density at radius 1 is 1.07 bits per heavy atom. The number of hydrogen-bond acceptors (Lipinski definition) is 3. The third kappa shape index (κ3) is 2.27. The van der Waals surface area contributed by atoms with Crippen LogP contribution in [0.4, 0.5) is 0 Å². The average molecular weight is 198 g/mol. The van der Waals surface area contributed by atoms with Gasteiger partial charge in [-0.05, 0) is 38.0 Å². The molecule has 3 heteroatoms.